The first-order valence-corrected chi connectivity index (χ1v) is 6.74. The Hall–Kier alpha value is 0.690. The third-order valence-corrected chi connectivity index (χ3v) is 4.22. The van der Waals surface area contributed by atoms with Crippen LogP contribution in [0.2, 0.25) is 0 Å². The van der Waals surface area contributed by atoms with E-state index in [1.54, 1.807) is 0 Å². The van der Waals surface area contributed by atoms with E-state index < -0.39 is 0 Å². The van der Waals surface area contributed by atoms with Crippen molar-refractivity contribution < 1.29 is 0 Å². The fourth-order valence-corrected chi connectivity index (χ4v) is 3.21. The number of hydrogen-bond acceptors (Lipinski definition) is 1. The standard InChI is InChI=1S/C10H18IN/c11-6-2-7-12-8-5-9-3-1-4-10(9)12/h9-10H,1-8H2. The van der Waals surface area contributed by atoms with Gasteiger partial charge in [0, 0.05) is 10.5 Å². The van der Waals surface area contributed by atoms with E-state index in [9.17, 15) is 0 Å². The maximum Gasteiger partial charge on any atom is 0.0124 e. The van der Waals surface area contributed by atoms with Crippen LogP contribution in [0.3, 0.4) is 0 Å². The normalized spacial score (nSPS) is 35.8. The van der Waals surface area contributed by atoms with Crippen LogP contribution in [0.5, 0.6) is 0 Å². The van der Waals surface area contributed by atoms with Gasteiger partial charge in [-0.05, 0) is 44.7 Å². The van der Waals surface area contributed by atoms with Crippen molar-refractivity contribution in [2.24, 2.45) is 5.92 Å². The molecule has 1 heterocycles. The molecule has 2 heteroatoms. The summed E-state index contributed by atoms with van der Waals surface area (Å²) in [6, 6.07) is 0.993. The summed E-state index contributed by atoms with van der Waals surface area (Å²) in [6.07, 6.45) is 7.39. The van der Waals surface area contributed by atoms with Crippen molar-refractivity contribution in [2.45, 2.75) is 38.1 Å². The largest absolute Gasteiger partial charge is 0.300 e. The number of nitrogens with zero attached hydrogens (tertiary/aromatic N) is 1. The first-order chi connectivity index (χ1) is 5.92. The molecule has 0 aromatic heterocycles. The molecule has 0 aromatic carbocycles. The van der Waals surface area contributed by atoms with Gasteiger partial charge in [0.25, 0.3) is 0 Å². The molecule has 12 heavy (non-hydrogen) atoms. The summed E-state index contributed by atoms with van der Waals surface area (Å²) in [5.74, 6) is 1.08. The number of likely N-dealkylation sites (tertiary alicyclic amines) is 1. The average Bonchev–Trinajstić information content (AvgIpc) is 2.62. The SMILES string of the molecule is ICCCN1CCC2CCCC21. The molecule has 2 rings (SSSR count). The highest BCUT2D eigenvalue weighted by Gasteiger charge is 2.36. The minimum atomic E-state index is 0.993. The molecule has 2 unspecified atom stereocenters. The summed E-state index contributed by atoms with van der Waals surface area (Å²) in [6.45, 7) is 2.76. The van der Waals surface area contributed by atoms with Crippen LogP contribution >= 0.6 is 22.6 Å². The summed E-state index contributed by atoms with van der Waals surface area (Å²) in [7, 11) is 0. The van der Waals surface area contributed by atoms with Crippen LogP contribution in [0.4, 0.5) is 0 Å². The highest BCUT2D eigenvalue weighted by molar-refractivity contribution is 14.1. The summed E-state index contributed by atoms with van der Waals surface area (Å²) in [4.78, 5) is 2.75. The Bertz CT molecular complexity index is 149. The highest BCUT2D eigenvalue weighted by Crippen LogP contribution is 2.37. The van der Waals surface area contributed by atoms with Gasteiger partial charge < -0.3 is 4.90 Å². The Balaban J connectivity index is 1.83. The Morgan fingerprint density at radius 3 is 3.00 bits per heavy atom. The zero-order valence-corrected chi connectivity index (χ0v) is 9.79. The molecule has 1 saturated carbocycles. The van der Waals surface area contributed by atoms with Crippen LogP contribution < -0.4 is 0 Å². The van der Waals surface area contributed by atoms with Crippen LogP contribution in [0.15, 0.2) is 0 Å². The molecule has 0 radical (unpaired) electrons. The maximum atomic E-state index is 2.75. The van der Waals surface area contributed by atoms with Gasteiger partial charge in [-0.2, -0.15) is 0 Å². The van der Waals surface area contributed by atoms with Crippen molar-refractivity contribution >= 4 is 22.6 Å². The maximum absolute atomic E-state index is 2.75. The third kappa shape index (κ3) is 1.79. The van der Waals surface area contributed by atoms with Crippen molar-refractivity contribution in [1.82, 2.24) is 4.90 Å². The monoisotopic (exact) mass is 279 g/mol. The van der Waals surface area contributed by atoms with Crippen molar-refractivity contribution in [2.75, 3.05) is 17.5 Å². The van der Waals surface area contributed by atoms with Crippen LogP contribution in [-0.2, 0) is 0 Å². The molecule has 1 nitrogen and oxygen atoms in total. The zero-order chi connectivity index (χ0) is 8.39. The quantitative estimate of drug-likeness (QED) is 0.567. The van der Waals surface area contributed by atoms with Gasteiger partial charge in [0.05, 0.1) is 0 Å². The Labute approximate surface area is 89.0 Å². The molecule has 0 aromatic rings. The van der Waals surface area contributed by atoms with E-state index in [1.165, 1.54) is 49.6 Å². The molecule has 0 spiro atoms. The van der Waals surface area contributed by atoms with Crippen molar-refractivity contribution in [3.63, 3.8) is 0 Å². The van der Waals surface area contributed by atoms with E-state index in [4.69, 9.17) is 0 Å². The van der Waals surface area contributed by atoms with Crippen LogP contribution in [-0.4, -0.2) is 28.5 Å². The molecule has 2 aliphatic rings. The highest BCUT2D eigenvalue weighted by atomic mass is 127. The first-order valence-electron chi connectivity index (χ1n) is 5.22. The third-order valence-electron chi connectivity index (χ3n) is 3.45. The lowest BCUT2D eigenvalue weighted by molar-refractivity contribution is 0.243. The van der Waals surface area contributed by atoms with E-state index in [0.717, 1.165) is 12.0 Å². The lowest BCUT2D eigenvalue weighted by Crippen LogP contribution is -2.31. The average molecular weight is 279 g/mol. The van der Waals surface area contributed by atoms with Gasteiger partial charge in [-0.15, -0.1) is 0 Å². The molecule has 1 saturated heterocycles. The number of rotatable bonds is 3. The van der Waals surface area contributed by atoms with Crippen LogP contribution in [0, 0.1) is 5.92 Å². The molecule has 0 bridgehead atoms. The van der Waals surface area contributed by atoms with Gasteiger partial charge in [-0.1, -0.05) is 29.0 Å². The van der Waals surface area contributed by atoms with Gasteiger partial charge in [0.1, 0.15) is 0 Å². The fraction of sp³-hybridized carbons (Fsp3) is 1.00. The summed E-state index contributed by atoms with van der Waals surface area (Å²) in [5, 5.41) is 0. The summed E-state index contributed by atoms with van der Waals surface area (Å²) < 4.78 is 1.33. The van der Waals surface area contributed by atoms with Gasteiger partial charge in [-0.25, -0.2) is 0 Å². The van der Waals surface area contributed by atoms with Gasteiger partial charge in [0.15, 0.2) is 0 Å². The fourth-order valence-electron chi connectivity index (χ4n) is 2.87. The van der Waals surface area contributed by atoms with Crippen LogP contribution in [0.25, 0.3) is 0 Å². The second-order valence-electron chi connectivity index (χ2n) is 4.13. The number of halogens is 1. The van der Waals surface area contributed by atoms with Crippen LogP contribution in [0.1, 0.15) is 32.1 Å². The van der Waals surface area contributed by atoms with E-state index >= 15 is 0 Å². The zero-order valence-electron chi connectivity index (χ0n) is 7.64. The molecular weight excluding hydrogens is 261 g/mol. The molecular formula is C10H18IN. The number of fused-ring (bicyclic) bond motifs is 1. The van der Waals surface area contributed by atoms with Crippen molar-refractivity contribution in [1.29, 1.82) is 0 Å². The Morgan fingerprint density at radius 1 is 1.25 bits per heavy atom. The molecule has 0 N–H and O–H groups in total. The van der Waals surface area contributed by atoms with Crippen molar-refractivity contribution in [3.05, 3.63) is 0 Å². The smallest absolute Gasteiger partial charge is 0.0124 e. The Morgan fingerprint density at radius 2 is 2.17 bits per heavy atom. The molecule has 2 fully saturated rings. The second-order valence-corrected chi connectivity index (χ2v) is 5.20. The summed E-state index contributed by atoms with van der Waals surface area (Å²) >= 11 is 2.49. The van der Waals surface area contributed by atoms with E-state index in [0.29, 0.717) is 0 Å². The van der Waals surface area contributed by atoms with E-state index in [2.05, 4.69) is 27.5 Å². The minimum absolute atomic E-state index is 0.993. The van der Waals surface area contributed by atoms with E-state index in [-0.39, 0.29) is 0 Å². The first kappa shape index (κ1) is 9.25. The second kappa shape index (κ2) is 4.27. The Kier molecular flexibility index (Phi) is 3.29. The number of alkyl halides is 1. The van der Waals surface area contributed by atoms with Gasteiger partial charge >= 0.3 is 0 Å². The topological polar surface area (TPSA) is 3.24 Å². The van der Waals surface area contributed by atoms with Gasteiger partial charge in [0.2, 0.25) is 0 Å². The molecule has 1 aliphatic heterocycles. The molecule has 70 valence electrons. The van der Waals surface area contributed by atoms with Gasteiger partial charge in [-0.3, -0.25) is 0 Å². The van der Waals surface area contributed by atoms with Crippen molar-refractivity contribution in [3.8, 4) is 0 Å². The lowest BCUT2D eigenvalue weighted by Gasteiger charge is -2.22. The predicted octanol–water partition coefficient (Wildman–Crippen LogP) is 2.69. The summed E-state index contributed by atoms with van der Waals surface area (Å²) in [5.41, 5.74) is 0. The molecule has 1 aliphatic carbocycles. The number of hydrogen-bond donors (Lipinski definition) is 0. The minimum Gasteiger partial charge on any atom is -0.300 e. The van der Waals surface area contributed by atoms with E-state index in [1.807, 2.05) is 0 Å². The predicted molar refractivity (Wildman–Crippen MR) is 60.8 cm³/mol. The molecule has 0 amide bonds. The molecule has 2 atom stereocenters. The lowest BCUT2D eigenvalue weighted by atomic mass is 10.0.